The minimum atomic E-state index is -0.120. The molecule has 0 fully saturated rings. The molecule has 0 unspecified atom stereocenters. The Morgan fingerprint density at radius 1 is 1.21 bits per heavy atom. The molecule has 0 saturated carbocycles. The second-order valence-electron chi connectivity index (χ2n) is 4.46. The van der Waals surface area contributed by atoms with Gasteiger partial charge in [-0.25, -0.2) is 0 Å². The lowest BCUT2D eigenvalue weighted by molar-refractivity contribution is 0.101. The average Bonchev–Trinajstić information content (AvgIpc) is 2.93. The number of nitrogens with zero attached hydrogens (tertiary/aromatic N) is 3. The van der Waals surface area contributed by atoms with Crippen molar-refractivity contribution in [3.63, 3.8) is 0 Å². The summed E-state index contributed by atoms with van der Waals surface area (Å²) in [7, 11) is 3.73. The molecule has 19 heavy (non-hydrogen) atoms. The lowest BCUT2D eigenvalue weighted by Crippen LogP contribution is -2.16. The molecule has 1 aromatic carbocycles. The first-order valence-corrected chi connectivity index (χ1v) is 6.00. The number of anilines is 1. The van der Waals surface area contributed by atoms with Crippen molar-refractivity contribution < 1.29 is 4.79 Å². The van der Waals surface area contributed by atoms with Gasteiger partial charge in [0.25, 0.3) is 5.91 Å². The van der Waals surface area contributed by atoms with Crippen LogP contribution in [0.1, 0.15) is 10.5 Å². The van der Waals surface area contributed by atoms with Crippen LogP contribution in [0.5, 0.6) is 0 Å². The molecule has 2 aromatic heterocycles. The van der Waals surface area contributed by atoms with Gasteiger partial charge >= 0.3 is 0 Å². The molecule has 96 valence electrons. The molecule has 2 heterocycles. The maximum Gasteiger partial charge on any atom is 0.272 e. The van der Waals surface area contributed by atoms with Crippen LogP contribution in [0.15, 0.2) is 42.6 Å². The highest BCUT2D eigenvalue weighted by Gasteiger charge is 2.15. The number of carbonyl (C=O) groups excluding carboxylic acids is 1. The number of hydrogen-bond donors (Lipinski definition) is 1. The number of benzene rings is 1. The average molecular weight is 254 g/mol. The Bertz CT molecular complexity index is 739. The lowest BCUT2D eigenvalue weighted by atomic mass is 10.3. The van der Waals surface area contributed by atoms with Gasteiger partial charge in [0.2, 0.25) is 0 Å². The maximum absolute atomic E-state index is 12.3. The first-order chi connectivity index (χ1) is 9.16. The molecule has 0 bridgehead atoms. The minimum absolute atomic E-state index is 0.120. The Hall–Kier alpha value is -2.56. The van der Waals surface area contributed by atoms with Crippen molar-refractivity contribution >= 4 is 22.6 Å². The summed E-state index contributed by atoms with van der Waals surface area (Å²) >= 11 is 0. The monoisotopic (exact) mass is 254 g/mol. The van der Waals surface area contributed by atoms with Crippen LogP contribution in [0.2, 0.25) is 0 Å². The number of rotatable bonds is 2. The lowest BCUT2D eigenvalue weighted by Gasteiger charge is -2.06. The fourth-order valence-corrected chi connectivity index (χ4v) is 2.25. The van der Waals surface area contributed by atoms with E-state index in [1.165, 1.54) is 0 Å². The van der Waals surface area contributed by atoms with E-state index in [1.54, 1.807) is 10.9 Å². The van der Waals surface area contributed by atoms with Crippen molar-refractivity contribution in [1.29, 1.82) is 0 Å². The van der Waals surface area contributed by atoms with Crippen LogP contribution in [-0.2, 0) is 14.1 Å². The van der Waals surface area contributed by atoms with Crippen molar-refractivity contribution in [2.24, 2.45) is 14.1 Å². The third-order valence-electron chi connectivity index (χ3n) is 3.17. The van der Waals surface area contributed by atoms with Gasteiger partial charge in [-0.3, -0.25) is 9.48 Å². The number of para-hydroxylation sites is 1. The molecule has 0 aliphatic heterocycles. The van der Waals surface area contributed by atoms with Gasteiger partial charge < -0.3 is 9.88 Å². The first-order valence-electron chi connectivity index (χ1n) is 6.00. The summed E-state index contributed by atoms with van der Waals surface area (Å²) in [4.78, 5) is 12.3. The minimum Gasteiger partial charge on any atom is -0.325 e. The van der Waals surface area contributed by atoms with Gasteiger partial charge in [0.05, 0.1) is 6.20 Å². The molecule has 0 radical (unpaired) electrons. The molecular weight excluding hydrogens is 240 g/mol. The van der Waals surface area contributed by atoms with Gasteiger partial charge in [0.1, 0.15) is 11.3 Å². The predicted molar refractivity (Wildman–Crippen MR) is 74.1 cm³/mol. The molecule has 5 nitrogen and oxygen atoms in total. The van der Waals surface area contributed by atoms with E-state index in [0.717, 1.165) is 16.7 Å². The molecule has 0 aliphatic rings. The second kappa shape index (κ2) is 4.28. The number of fused-ring (bicyclic) bond motifs is 1. The van der Waals surface area contributed by atoms with E-state index in [2.05, 4.69) is 10.4 Å². The fourth-order valence-electron chi connectivity index (χ4n) is 2.25. The standard InChI is InChI=1S/C14H14N4O/c1-17-12(8-10-9-15-18(2)14(10)17)13(19)16-11-6-4-3-5-7-11/h3-9H,1-2H3,(H,16,19). The molecule has 0 aliphatic carbocycles. The van der Waals surface area contributed by atoms with Crippen molar-refractivity contribution in [2.75, 3.05) is 5.32 Å². The van der Waals surface area contributed by atoms with Crippen LogP contribution in [0, 0.1) is 0 Å². The molecule has 5 heteroatoms. The van der Waals surface area contributed by atoms with E-state index in [0.29, 0.717) is 5.69 Å². The van der Waals surface area contributed by atoms with Gasteiger partial charge in [-0.05, 0) is 18.2 Å². The van der Waals surface area contributed by atoms with Crippen LogP contribution < -0.4 is 5.32 Å². The van der Waals surface area contributed by atoms with Crippen molar-refractivity contribution in [3.8, 4) is 0 Å². The normalized spacial score (nSPS) is 10.8. The maximum atomic E-state index is 12.3. The SMILES string of the molecule is Cn1ncc2cc(C(=O)Nc3ccccc3)n(C)c21. The predicted octanol–water partition coefficient (Wildman–Crippen LogP) is 2.16. The zero-order valence-corrected chi connectivity index (χ0v) is 10.8. The Balaban J connectivity index is 1.96. The first kappa shape index (κ1) is 11.5. The smallest absolute Gasteiger partial charge is 0.272 e. The molecule has 3 rings (SSSR count). The summed E-state index contributed by atoms with van der Waals surface area (Å²) in [6.45, 7) is 0. The summed E-state index contributed by atoms with van der Waals surface area (Å²) in [6, 6.07) is 11.3. The third kappa shape index (κ3) is 1.89. The van der Waals surface area contributed by atoms with Crippen LogP contribution in [-0.4, -0.2) is 20.3 Å². The second-order valence-corrected chi connectivity index (χ2v) is 4.46. The number of aromatic nitrogens is 3. The summed E-state index contributed by atoms with van der Waals surface area (Å²) in [6.07, 6.45) is 1.76. The topological polar surface area (TPSA) is 51.9 Å². The zero-order chi connectivity index (χ0) is 13.4. The van der Waals surface area contributed by atoms with Crippen molar-refractivity contribution in [1.82, 2.24) is 14.3 Å². The zero-order valence-electron chi connectivity index (χ0n) is 10.8. The number of nitrogens with one attached hydrogen (secondary N) is 1. The highest BCUT2D eigenvalue weighted by molar-refractivity contribution is 6.06. The van der Waals surface area contributed by atoms with Gasteiger partial charge in [-0.2, -0.15) is 5.10 Å². The van der Waals surface area contributed by atoms with Gasteiger partial charge in [-0.15, -0.1) is 0 Å². The van der Waals surface area contributed by atoms with E-state index in [9.17, 15) is 4.79 Å². The summed E-state index contributed by atoms with van der Waals surface area (Å²) in [5, 5.41) is 8.01. The Kier molecular flexibility index (Phi) is 2.59. The molecule has 1 amide bonds. The van der Waals surface area contributed by atoms with Gasteiger partial charge in [0.15, 0.2) is 0 Å². The largest absolute Gasteiger partial charge is 0.325 e. The van der Waals surface area contributed by atoms with E-state index in [4.69, 9.17) is 0 Å². The Labute approximate surface area is 110 Å². The summed E-state index contributed by atoms with van der Waals surface area (Å²) in [5.41, 5.74) is 2.33. The Morgan fingerprint density at radius 3 is 2.63 bits per heavy atom. The van der Waals surface area contributed by atoms with Crippen molar-refractivity contribution in [2.45, 2.75) is 0 Å². The number of amides is 1. The van der Waals surface area contributed by atoms with Crippen LogP contribution >= 0.6 is 0 Å². The van der Waals surface area contributed by atoms with E-state index < -0.39 is 0 Å². The van der Waals surface area contributed by atoms with Crippen LogP contribution in [0.3, 0.4) is 0 Å². The summed E-state index contributed by atoms with van der Waals surface area (Å²) in [5.74, 6) is -0.120. The number of hydrogen-bond acceptors (Lipinski definition) is 2. The van der Waals surface area contributed by atoms with Crippen LogP contribution in [0.4, 0.5) is 5.69 Å². The molecule has 0 spiro atoms. The molecule has 0 saturated heterocycles. The highest BCUT2D eigenvalue weighted by atomic mass is 16.1. The molecular formula is C14H14N4O. The van der Waals surface area contributed by atoms with Crippen molar-refractivity contribution in [3.05, 3.63) is 48.3 Å². The van der Waals surface area contributed by atoms with Gasteiger partial charge in [0, 0.05) is 25.2 Å². The molecule has 3 aromatic rings. The van der Waals surface area contributed by atoms with E-state index >= 15 is 0 Å². The summed E-state index contributed by atoms with van der Waals surface area (Å²) < 4.78 is 3.61. The quantitative estimate of drug-likeness (QED) is 0.762. The highest BCUT2D eigenvalue weighted by Crippen LogP contribution is 2.18. The number of aryl methyl sites for hydroxylation is 2. The number of carbonyl (C=O) groups is 1. The third-order valence-corrected chi connectivity index (χ3v) is 3.17. The van der Waals surface area contributed by atoms with Crippen LogP contribution in [0.25, 0.3) is 11.0 Å². The molecule has 0 atom stereocenters. The van der Waals surface area contributed by atoms with Gasteiger partial charge in [-0.1, -0.05) is 18.2 Å². The van der Waals surface area contributed by atoms with E-state index in [1.807, 2.05) is 55.1 Å². The van der Waals surface area contributed by atoms with E-state index in [-0.39, 0.29) is 5.91 Å². The Morgan fingerprint density at radius 2 is 1.95 bits per heavy atom. The fraction of sp³-hybridized carbons (Fsp3) is 0.143. The molecule has 1 N–H and O–H groups in total.